The average molecular weight is 284 g/mol. The normalized spacial score (nSPS) is 27.7. The molecule has 2 saturated heterocycles. The van der Waals surface area contributed by atoms with Gasteiger partial charge < -0.3 is 9.84 Å². The summed E-state index contributed by atoms with van der Waals surface area (Å²) in [5.74, 6) is 0. The minimum absolute atomic E-state index is 0.148. The number of nitrogens with zero attached hydrogens (tertiary/aromatic N) is 2. The number of hydrogen-bond acceptors (Lipinski definition) is 4. The van der Waals surface area contributed by atoms with Crippen molar-refractivity contribution in [3.05, 3.63) is 42.2 Å². The number of ether oxygens (including phenoxy) is 1. The number of rotatable bonds is 2. The van der Waals surface area contributed by atoms with E-state index in [0.29, 0.717) is 6.04 Å². The Hall–Kier alpha value is -1.49. The highest BCUT2D eigenvalue weighted by Crippen LogP contribution is 2.31. The fourth-order valence-electron chi connectivity index (χ4n) is 3.63. The van der Waals surface area contributed by atoms with Crippen molar-refractivity contribution in [2.75, 3.05) is 19.7 Å². The van der Waals surface area contributed by atoms with Crippen LogP contribution in [0.1, 0.15) is 24.5 Å². The Morgan fingerprint density at radius 3 is 3.24 bits per heavy atom. The maximum Gasteiger partial charge on any atom is 0.107 e. The highest BCUT2D eigenvalue weighted by molar-refractivity contribution is 5.85. The first-order valence-electron chi connectivity index (χ1n) is 7.69. The summed E-state index contributed by atoms with van der Waals surface area (Å²) in [7, 11) is 0. The SMILES string of the molecule is OC(c1cccc2ccncc12)C1CN2CCCC2CO1. The zero-order valence-electron chi connectivity index (χ0n) is 12.0. The summed E-state index contributed by atoms with van der Waals surface area (Å²) in [6.45, 7) is 2.70. The molecular weight excluding hydrogens is 264 g/mol. The first kappa shape index (κ1) is 13.2. The Balaban J connectivity index is 1.62. The lowest BCUT2D eigenvalue weighted by molar-refractivity contribution is -0.103. The molecule has 2 aromatic rings. The lowest BCUT2D eigenvalue weighted by Gasteiger charge is -2.37. The third-order valence-corrected chi connectivity index (χ3v) is 4.80. The Morgan fingerprint density at radius 1 is 1.33 bits per heavy atom. The molecule has 3 unspecified atom stereocenters. The third kappa shape index (κ3) is 2.33. The molecule has 0 spiro atoms. The number of hydrogen-bond donors (Lipinski definition) is 1. The molecule has 3 heterocycles. The van der Waals surface area contributed by atoms with Crippen LogP contribution < -0.4 is 0 Å². The van der Waals surface area contributed by atoms with Crippen molar-refractivity contribution < 1.29 is 9.84 Å². The number of morpholine rings is 1. The smallest absolute Gasteiger partial charge is 0.107 e. The summed E-state index contributed by atoms with van der Waals surface area (Å²) in [4.78, 5) is 6.65. The van der Waals surface area contributed by atoms with Crippen LogP contribution in [0.2, 0.25) is 0 Å². The molecule has 3 atom stereocenters. The van der Waals surface area contributed by atoms with E-state index < -0.39 is 6.10 Å². The monoisotopic (exact) mass is 284 g/mol. The molecule has 0 aliphatic carbocycles. The van der Waals surface area contributed by atoms with E-state index in [-0.39, 0.29) is 6.10 Å². The van der Waals surface area contributed by atoms with Crippen molar-refractivity contribution in [3.63, 3.8) is 0 Å². The lowest BCUT2D eigenvalue weighted by Crippen LogP contribution is -2.48. The molecule has 1 N–H and O–H groups in total. The Bertz CT molecular complexity index is 640. The molecule has 2 fully saturated rings. The first-order valence-corrected chi connectivity index (χ1v) is 7.69. The van der Waals surface area contributed by atoms with E-state index in [0.717, 1.165) is 36.0 Å². The number of aliphatic hydroxyl groups is 1. The predicted octanol–water partition coefficient (Wildman–Crippen LogP) is 2.13. The minimum Gasteiger partial charge on any atom is -0.386 e. The summed E-state index contributed by atoms with van der Waals surface area (Å²) in [5, 5.41) is 12.9. The van der Waals surface area contributed by atoms with Gasteiger partial charge in [-0.05, 0) is 36.4 Å². The second kappa shape index (κ2) is 5.37. The van der Waals surface area contributed by atoms with Gasteiger partial charge in [0.15, 0.2) is 0 Å². The van der Waals surface area contributed by atoms with Gasteiger partial charge in [0.25, 0.3) is 0 Å². The Morgan fingerprint density at radius 2 is 2.29 bits per heavy atom. The maximum absolute atomic E-state index is 10.8. The van der Waals surface area contributed by atoms with Gasteiger partial charge in [-0.15, -0.1) is 0 Å². The fraction of sp³-hybridized carbons (Fsp3) is 0.471. The van der Waals surface area contributed by atoms with Crippen LogP contribution in [0.15, 0.2) is 36.7 Å². The second-order valence-electron chi connectivity index (χ2n) is 6.05. The largest absolute Gasteiger partial charge is 0.386 e. The Kier molecular flexibility index (Phi) is 3.37. The topological polar surface area (TPSA) is 45.6 Å². The molecule has 0 amide bonds. The van der Waals surface area contributed by atoms with Crippen molar-refractivity contribution in [1.82, 2.24) is 9.88 Å². The van der Waals surface area contributed by atoms with E-state index in [2.05, 4.69) is 9.88 Å². The van der Waals surface area contributed by atoms with Gasteiger partial charge in [0.2, 0.25) is 0 Å². The van der Waals surface area contributed by atoms with Gasteiger partial charge in [0.05, 0.1) is 6.61 Å². The van der Waals surface area contributed by atoms with Crippen LogP contribution in [0, 0.1) is 0 Å². The number of pyridine rings is 1. The zero-order valence-corrected chi connectivity index (χ0v) is 12.0. The molecule has 2 aliphatic rings. The van der Waals surface area contributed by atoms with E-state index in [1.54, 1.807) is 6.20 Å². The van der Waals surface area contributed by atoms with Gasteiger partial charge in [0, 0.05) is 30.4 Å². The standard InChI is InChI=1S/C17H20N2O2/c20-17(16-10-19-8-2-4-13(19)11-21-16)14-5-1-3-12-6-7-18-9-15(12)14/h1,3,5-7,9,13,16-17,20H,2,4,8,10-11H2. The molecule has 2 aliphatic heterocycles. The van der Waals surface area contributed by atoms with Crippen LogP contribution in [0.4, 0.5) is 0 Å². The number of aliphatic hydroxyl groups excluding tert-OH is 1. The summed E-state index contributed by atoms with van der Waals surface area (Å²) in [6, 6.07) is 8.55. The van der Waals surface area contributed by atoms with Gasteiger partial charge in [-0.1, -0.05) is 18.2 Å². The van der Waals surface area contributed by atoms with E-state index in [9.17, 15) is 5.11 Å². The molecule has 4 nitrogen and oxygen atoms in total. The van der Waals surface area contributed by atoms with Crippen molar-refractivity contribution in [3.8, 4) is 0 Å². The fourth-order valence-corrected chi connectivity index (χ4v) is 3.63. The summed E-state index contributed by atoms with van der Waals surface area (Å²) in [5.41, 5.74) is 0.920. The first-order chi connectivity index (χ1) is 10.3. The molecule has 0 bridgehead atoms. The lowest BCUT2D eigenvalue weighted by atomic mass is 9.97. The van der Waals surface area contributed by atoms with Crippen molar-refractivity contribution in [2.45, 2.75) is 31.1 Å². The maximum atomic E-state index is 10.8. The van der Waals surface area contributed by atoms with Crippen molar-refractivity contribution in [2.24, 2.45) is 0 Å². The number of benzene rings is 1. The quantitative estimate of drug-likeness (QED) is 0.917. The molecule has 1 aromatic carbocycles. The third-order valence-electron chi connectivity index (χ3n) is 4.80. The van der Waals surface area contributed by atoms with Gasteiger partial charge in [-0.25, -0.2) is 0 Å². The molecule has 21 heavy (non-hydrogen) atoms. The van der Waals surface area contributed by atoms with Crippen LogP contribution in [0.25, 0.3) is 10.8 Å². The van der Waals surface area contributed by atoms with Crippen LogP contribution in [-0.2, 0) is 4.74 Å². The molecule has 110 valence electrons. The molecule has 0 radical (unpaired) electrons. The number of aromatic nitrogens is 1. The van der Waals surface area contributed by atoms with Gasteiger partial charge >= 0.3 is 0 Å². The van der Waals surface area contributed by atoms with Crippen LogP contribution in [-0.4, -0.2) is 46.8 Å². The number of fused-ring (bicyclic) bond motifs is 2. The van der Waals surface area contributed by atoms with Gasteiger partial charge in [-0.2, -0.15) is 0 Å². The molecular formula is C17H20N2O2. The van der Waals surface area contributed by atoms with Crippen molar-refractivity contribution in [1.29, 1.82) is 0 Å². The van der Waals surface area contributed by atoms with E-state index >= 15 is 0 Å². The summed E-state index contributed by atoms with van der Waals surface area (Å²) < 4.78 is 5.94. The second-order valence-corrected chi connectivity index (χ2v) is 6.05. The highest BCUT2D eigenvalue weighted by atomic mass is 16.5. The molecule has 0 saturated carbocycles. The van der Waals surface area contributed by atoms with Gasteiger partial charge in [-0.3, -0.25) is 9.88 Å². The van der Waals surface area contributed by atoms with Gasteiger partial charge in [0.1, 0.15) is 12.2 Å². The Labute approximate surface area is 124 Å². The highest BCUT2D eigenvalue weighted by Gasteiger charge is 2.36. The minimum atomic E-state index is -0.598. The van der Waals surface area contributed by atoms with E-state index in [1.165, 1.54) is 12.8 Å². The van der Waals surface area contributed by atoms with E-state index in [4.69, 9.17) is 4.74 Å². The average Bonchev–Trinajstić information content (AvgIpc) is 3.01. The van der Waals surface area contributed by atoms with E-state index in [1.807, 2.05) is 30.5 Å². The summed E-state index contributed by atoms with van der Waals surface area (Å²) >= 11 is 0. The van der Waals surface area contributed by atoms with Crippen LogP contribution >= 0.6 is 0 Å². The molecule has 4 heteroatoms. The molecule has 1 aromatic heterocycles. The summed E-state index contributed by atoms with van der Waals surface area (Å²) in [6.07, 6.45) is 5.33. The van der Waals surface area contributed by atoms with Crippen LogP contribution in [0.3, 0.4) is 0 Å². The molecule has 4 rings (SSSR count). The van der Waals surface area contributed by atoms with Crippen LogP contribution in [0.5, 0.6) is 0 Å². The van der Waals surface area contributed by atoms with Crippen molar-refractivity contribution >= 4 is 10.8 Å². The predicted molar refractivity (Wildman–Crippen MR) is 81.0 cm³/mol. The zero-order chi connectivity index (χ0) is 14.2.